The number of nitrogens with zero attached hydrogens (tertiary/aromatic N) is 2. The molecule has 0 aliphatic heterocycles. The van der Waals surface area contributed by atoms with E-state index in [1.54, 1.807) is 31.2 Å². The first-order valence-electron chi connectivity index (χ1n) is 9.34. The molecule has 2 aromatic carbocycles. The average molecular weight is 499 g/mol. The van der Waals surface area contributed by atoms with Gasteiger partial charge in [-0.25, -0.2) is 9.78 Å². The number of allylic oxidation sites excluding steroid dienone is 1. The van der Waals surface area contributed by atoms with E-state index in [-0.39, 0.29) is 6.61 Å². The van der Waals surface area contributed by atoms with Gasteiger partial charge in [0, 0.05) is 15.4 Å². The molecule has 0 amide bonds. The van der Waals surface area contributed by atoms with Gasteiger partial charge in [-0.3, -0.25) is 0 Å². The minimum Gasteiger partial charge on any atom is -0.493 e. The number of carbonyl (C=O) groups is 1. The summed E-state index contributed by atoms with van der Waals surface area (Å²) in [6.07, 6.45) is 1.74. The lowest BCUT2D eigenvalue weighted by atomic mass is 10.1. The van der Waals surface area contributed by atoms with Crippen LogP contribution in [-0.2, 0) is 9.53 Å². The zero-order valence-corrected chi connectivity index (χ0v) is 19.3. The van der Waals surface area contributed by atoms with Crippen molar-refractivity contribution in [3.8, 4) is 28.8 Å². The zero-order valence-electron chi connectivity index (χ0n) is 16.9. The molecule has 0 N–H and O–H groups in total. The van der Waals surface area contributed by atoms with Crippen LogP contribution in [0.4, 0.5) is 0 Å². The quantitative estimate of drug-likeness (QED) is 0.297. The molecule has 0 atom stereocenters. The van der Waals surface area contributed by atoms with Gasteiger partial charge in [-0.15, -0.1) is 11.3 Å². The highest BCUT2D eigenvalue weighted by atomic mass is 79.9. The number of hydrogen-bond donors (Lipinski definition) is 0. The van der Waals surface area contributed by atoms with Crippen molar-refractivity contribution in [2.45, 2.75) is 6.92 Å². The summed E-state index contributed by atoms with van der Waals surface area (Å²) < 4.78 is 16.7. The Morgan fingerprint density at radius 1 is 1.23 bits per heavy atom. The summed E-state index contributed by atoms with van der Waals surface area (Å²) in [5.74, 6) is 0.411. The second-order valence-corrected chi connectivity index (χ2v) is 7.99. The van der Waals surface area contributed by atoms with Gasteiger partial charge in [0.15, 0.2) is 18.1 Å². The second kappa shape index (κ2) is 10.8. The lowest BCUT2D eigenvalue weighted by Crippen LogP contribution is -2.14. The Morgan fingerprint density at radius 2 is 2.00 bits per heavy atom. The maximum Gasteiger partial charge on any atom is 0.344 e. The Balaban J connectivity index is 1.81. The fourth-order valence-corrected chi connectivity index (χ4v) is 3.75. The molecule has 0 radical (unpaired) electrons. The van der Waals surface area contributed by atoms with Crippen molar-refractivity contribution < 1.29 is 19.0 Å². The Hall–Kier alpha value is -3.15. The molecule has 0 unspecified atom stereocenters. The Morgan fingerprint density at radius 3 is 2.68 bits per heavy atom. The molecule has 3 rings (SSSR count). The molecular weight excluding hydrogens is 480 g/mol. The number of methoxy groups -OCH3 is 1. The van der Waals surface area contributed by atoms with E-state index < -0.39 is 5.97 Å². The Bertz CT molecular complexity index is 1130. The third-order valence-electron chi connectivity index (χ3n) is 4.14. The standard InChI is InChI=1S/C23H19BrN2O4S/c1-3-29-22(27)13-30-20-9-4-15(11-21(20)28-2)10-17(12-25)23-26-19(14-31-23)16-5-7-18(24)8-6-16/h4-11,14H,3,13H2,1-2H3. The van der Waals surface area contributed by atoms with Crippen LogP contribution in [0.15, 0.2) is 52.3 Å². The van der Waals surface area contributed by atoms with Gasteiger partial charge >= 0.3 is 5.97 Å². The molecule has 6 nitrogen and oxygen atoms in total. The maximum atomic E-state index is 11.5. The van der Waals surface area contributed by atoms with Gasteiger partial charge in [-0.2, -0.15) is 5.26 Å². The number of aromatic nitrogens is 1. The molecule has 0 saturated heterocycles. The highest BCUT2D eigenvalue weighted by molar-refractivity contribution is 9.10. The van der Waals surface area contributed by atoms with E-state index in [2.05, 4.69) is 27.0 Å². The van der Waals surface area contributed by atoms with E-state index in [1.807, 2.05) is 29.6 Å². The Kier molecular flexibility index (Phi) is 7.82. The van der Waals surface area contributed by atoms with Gasteiger partial charge in [0.05, 0.1) is 25.0 Å². The number of benzene rings is 2. The van der Waals surface area contributed by atoms with E-state index in [4.69, 9.17) is 14.2 Å². The van der Waals surface area contributed by atoms with Crippen molar-refractivity contribution in [3.63, 3.8) is 0 Å². The topological polar surface area (TPSA) is 81.4 Å². The maximum absolute atomic E-state index is 11.5. The molecule has 8 heteroatoms. The summed E-state index contributed by atoms with van der Waals surface area (Å²) in [5, 5.41) is 12.2. The van der Waals surface area contributed by atoms with E-state index >= 15 is 0 Å². The van der Waals surface area contributed by atoms with Crippen molar-refractivity contribution in [2.24, 2.45) is 0 Å². The summed E-state index contributed by atoms with van der Waals surface area (Å²) in [6, 6.07) is 15.3. The van der Waals surface area contributed by atoms with Crippen LogP contribution in [0.2, 0.25) is 0 Å². The smallest absolute Gasteiger partial charge is 0.344 e. The fraction of sp³-hybridized carbons (Fsp3) is 0.174. The SMILES string of the molecule is CCOC(=O)COc1ccc(C=C(C#N)c2nc(-c3ccc(Br)cc3)cs2)cc1OC. The average Bonchev–Trinajstić information content (AvgIpc) is 3.27. The van der Waals surface area contributed by atoms with Gasteiger partial charge in [0.1, 0.15) is 11.1 Å². The molecule has 158 valence electrons. The van der Waals surface area contributed by atoms with Crippen LogP contribution in [0.3, 0.4) is 0 Å². The van der Waals surface area contributed by atoms with Gasteiger partial charge < -0.3 is 14.2 Å². The summed E-state index contributed by atoms with van der Waals surface area (Å²) in [5.41, 5.74) is 2.98. The van der Waals surface area contributed by atoms with Crippen molar-refractivity contribution >= 4 is 44.9 Å². The van der Waals surface area contributed by atoms with Crippen LogP contribution >= 0.6 is 27.3 Å². The third-order valence-corrected chi connectivity index (χ3v) is 5.55. The fourth-order valence-electron chi connectivity index (χ4n) is 2.69. The largest absolute Gasteiger partial charge is 0.493 e. The number of rotatable bonds is 8. The van der Waals surface area contributed by atoms with Crippen LogP contribution in [0.5, 0.6) is 11.5 Å². The first kappa shape index (κ1) is 22.5. The first-order valence-corrected chi connectivity index (χ1v) is 11.0. The third kappa shape index (κ3) is 5.94. The van der Waals surface area contributed by atoms with Gasteiger partial charge in [-0.05, 0) is 42.8 Å². The number of carbonyl (C=O) groups excluding carboxylic acids is 1. The molecule has 0 bridgehead atoms. The first-order chi connectivity index (χ1) is 15.0. The number of hydrogen-bond acceptors (Lipinski definition) is 7. The van der Waals surface area contributed by atoms with Gasteiger partial charge in [0.2, 0.25) is 0 Å². The predicted molar refractivity (Wildman–Crippen MR) is 124 cm³/mol. The predicted octanol–water partition coefficient (Wildman–Crippen LogP) is 5.59. The molecule has 1 heterocycles. The van der Waals surface area contributed by atoms with Crippen LogP contribution in [-0.4, -0.2) is 31.3 Å². The van der Waals surface area contributed by atoms with Gasteiger partial charge in [0.25, 0.3) is 0 Å². The van der Waals surface area contributed by atoms with Crippen LogP contribution < -0.4 is 9.47 Å². The number of thiazole rings is 1. The summed E-state index contributed by atoms with van der Waals surface area (Å²) >= 11 is 4.83. The lowest BCUT2D eigenvalue weighted by molar-refractivity contribution is -0.145. The monoisotopic (exact) mass is 498 g/mol. The molecule has 0 saturated carbocycles. The van der Waals surface area contributed by atoms with Crippen LogP contribution in [0.25, 0.3) is 22.9 Å². The lowest BCUT2D eigenvalue weighted by Gasteiger charge is -2.11. The number of esters is 1. The van der Waals surface area contributed by atoms with Crippen molar-refractivity contribution in [1.29, 1.82) is 5.26 Å². The van der Waals surface area contributed by atoms with Gasteiger partial charge in [-0.1, -0.05) is 34.1 Å². The zero-order chi connectivity index (χ0) is 22.2. The number of halogens is 1. The summed E-state index contributed by atoms with van der Waals surface area (Å²) in [4.78, 5) is 16.1. The minimum absolute atomic E-state index is 0.208. The molecule has 0 spiro atoms. The normalized spacial score (nSPS) is 11.0. The molecule has 0 aliphatic carbocycles. The van der Waals surface area contributed by atoms with E-state index in [0.717, 1.165) is 21.3 Å². The van der Waals surface area contributed by atoms with Crippen molar-refractivity contribution in [2.75, 3.05) is 20.3 Å². The molecule has 1 aromatic heterocycles. The van der Waals surface area contributed by atoms with E-state index in [1.165, 1.54) is 18.4 Å². The van der Waals surface area contributed by atoms with Crippen molar-refractivity contribution in [3.05, 3.63) is 62.9 Å². The van der Waals surface area contributed by atoms with E-state index in [0.29, 0.717) is 28.7 Å². The second-order valence-electron chi connectivity index (χ2n) is 6.22. The van der Waals surface area contributed by atoms with E-state index in [9.17, 15) is 10.1 Å². The molecule has 31 heavy (non-hydrogen) atoms. The van der Waals surface area contributed by atoms with Crippen LogP contribution in [0, 0.1) is 11.3 Å². The highest BCUT2D eigenvalue weighted by Crippen LogP contribution is 2.31. The summed E-state index contributed by atoms with van der Waals surface area (Å²) in [6.45, 7) is 1.82. The van der Waals surface area contributed by atoms with Crippen LogP contribution in [0.1, 0.15) is 17.5 Å². The summed E-state index contributed by atoms with van der Waals surface area (Å²) in [7, 11) is 1.51. The molecular formula is C23H19BrN2O4S. The minimum atomic E-state index is -0.453. The molecule has 0 fully saturated rings. The molecule has 0 aliphatic rings. The number of ether oxygens (including phenoxy) is 3. The number of nitriles is 1. The Labute approximate surface area is 192 Å². The van der Waals surface area contributed by atoms with Crippen molar-refractivity contribution in [1.82, 2.24) is 4.98 Å². The molecule has 3 aromatic rings. The highest BCUT2D eigenvalue weighted by Gasteiger charge is 2.12.